The molecule has 0 unspecified atom stereocenters. The maximum atomic E-state index is 11.3. The van der Waals surface area contributed by atoms with Gasteiger partial charge in [0.2, 0.25) is 6.10 Å². The lowest BCUT2D eigenvalue weighted by molar-refractivity contribution is -0.169. The molecule has 4 saturated carbocycles. The van der Waals surface area contributed by atoms with Crippen molar-refractivity contribution >= 4 is 30.5 Å². The highest BCUT2D eigenvalue weighted by molar-refractivity contribution is 7.80. The Morgan fingerprint density at radius 3 is 1.96 bits per heavy atom. The standard InChI is InChI=1S/C10H17N.C9H14O6S/c11-10-4-7-1-8(5-10)3-9(2-7)6-10;1-5(4-16)9(13)15-6(8(11)12)3-7(10)14-2/h7-9H,1-6,11H2;5-6,16H,3-4H2,1-2H3,(H,11,12)/t;5-,6+/m.1/s1. The lowest BCUT2D eigenvalue weighted by Crippen LogP contribution is -2.55. The van der Waals surface area contributed by atoms with Gasteiger partial charge in [0.25, 0.3) is 0 Å². The summed E-state index contributed by atoms with van der Waals surface area (Å²) in [4.78, 5) is 32.8. The summed E-state index contributed by atoms with van der Waals surface area (Å²) < 4.78 is 8.94. The van der Waals surface area contributed by atoms with Gasteiger partial charge in [-0.1, -0.05) is 6.92 Å². The molecule has 0 heterocycles. The second kappa shape index (κ2) is 9.28. The van der Waals surface area contributed by atoms with Gasteiger partial charge in [-0.05, 0) is 56.3 Å². The Kier molecular flexibility index (Phi) is 7.56. The number of hydrogen-bond donors (Lipinski definition) is 3. The maximum Gasteiger partial charge on any atom is 0.345 e. The molecule has 154 valence electrons. The van der Waals surface area contributed by atoms with E-state index in [0.29, 0.717) is 5.54 Å². The Bertz CT molecular complexity index is 531. The van der Waals surface area contributed by atoms with Crippen molar-refractivity contribution in [3.8, 4) is 0 Å². The first-order valence-corrected chi connectivity index (χ1v) is 10.2. The second-order valence-corrected chi connectivity index (χ2v) is 8.77. The highest BCUT2D eigenvalue weighted by atomic mass is 32.1. The molecule has 0 radical (unpaired) electrons. The molecule has 0 amide bonds. The zero-order valence-electron chi connectivity index (χ0n) is 16.1. The molecule has 0 aliphatic heterocycles. The zero-order valence-corrected chi connectivity index (χ0v) is 17.0. The van der Waals surface area contributed by atoms with Crippen LogP contribution in [-0.4, -0.2) is 47.5 Å². The molecule has 4 aliphatic carbocycles. The molecule has 8 heteroatoms. The monoisotopic (exact) mass is 401 g/mol. The van der Waals surface area contributed by atoms with Crippen molar-refractivity contribution in [1.82, 2.24) is 0 Å². The summed E-state index contributed by atoms with van der Waals surface area (Å²) >= 11 is 3.88. The molecule has 4 bridgehead atoms. The third-order valence-corrected chi connectivity index (χ3v) is 6.42. The van der Waals surface area contributed by atoms with Crippen molar-refractivity contribution in [3.63, 3.8) is 0 Å². The molecule has 3 N–H and O–H groups in total. The van der Waals surface area contributed by atoms with Crippen LogP contribution >= 0.6 is 12.6 Å². The van der Waals surface area contributed by atoms with Gasteiger partial charge >= 0.3 is 17.9 Å². The Morgan fingerprint density at radius 2 is 1.63 bits per heavy atom. The number of methoxy groups -OCH3 is 1. The lowest BCUT2D eigenvalue weighted by Gasteiger charge is -2.55. The predicted octanol–water partition coefficient (Wildman–Crippen LogP) is 2.03. The first-order valence-electron chi connectivity index (χ1n) is 9.55. The number of hydrogen-bond acceptors (Lipinski definition) is 7. The largest absolute Gasteiger partial charge is 0.478 e. The number of carbonyl (C=O) groups is 3. The van der Waals surface area contributed by atoms with Gasteiger partial charge in [0.1, 0.15) is 0 Å². The van der Waals surface area contributed by atoms with Crippen LogP contribution in [0.5, 0.6) is 0 Å². The van der Waals surface area contributed by atoms with Crippen LogP contribution in [-0.2, 0) is 23.9 Å². The molecule has 4 fully saturated rings. The van der Waals surface area contributed by atoms with Crippen molar-refractivity contribution in [2.75, 3.05) is 12.9 Å². The Balaban J connectivity index is 0.000000203. The summed E-state index contributed by atoms with van der Waals surface area (Å²) in [6.07, 6.45) is 6.55. The number of rotatable bonds is 6. The number of carboxylic acid groups (broad SMARTS) is 1. The van der Waals surface area contributed by atoms with Crippen LogP contribution in [0.4, 0.5) is 0 Å². The Morgan fingerprint density at radius 1 is 1.15 bits per heavy atom. The van der Waals surface area contributed by atoms with Gasteiger partial charge in [-0.3, -0.25) is 9.59 Å². The van der Waals surface area contributed by atoms with Gasteiger partial charge in [-0.15, -0.1) is 0 Å². The van der Waals surface area contributed by atoms with Crippen LogP contribution in [0.25, 0.3) is 0 Å². The molecular weight excluding hydrogens is 370 g/mol. The van der Waals surface area contributed by atoms with Crippen molar-refractivity contribution in [1.29, 1.82) is 0 Å². The van der Waals surface area contributed by atoms with E-state index >= 15 is 0 Å². The maximum absolute atomic E-state index is 11.3. The summed E-state index contributed by atoms with van der Waals surface area (Å²) in [7, 11) is 1.12. The predicted molar refractivity (Wildman–Crippen MR) is 102 cm³/mol. The zero-order chi connectivity index (χ0) is 20.2. The number of aliphatic carboxylic acids is 1. The van der Waals surface area contributed by atoms with E-state index in [1.165, 1.54) is 38.5 Å². The fourth-order valence-electron chi connectivity index (χ4n) is 4.92. The molecule has 7 nitrogen and oxygen atoms in total. The average molecular weight is 402 g/mol. The lowest BCUT2D eigenvalue weighted by atomic mass is 9.53. The minimum atomic E-state index is -1.51. The van der Waals surface area contributed by atoms with E-state index in [2.05, 4.69) is 22.1 Å². The highest BCUT2D eigenvalue weighted by Gasteiger charge is 2.48. The van der Waals surface area contributed by atoms with E-state index in [9.17, 15) is 14.4 Å². The number of nitrogens with two attached hydrogens (primary N) is 1. The third-order valence-electron chi connectivity index (χ3n) is 5.88. The van der Waals surface area contributed by atoms with Gasteiger partial charge in [-0.2, -0.15) is 12.6 Å². The molecule has 4 rings (SSSR count). The summed E-state index contributed by atoms with van der Waals surface area (Å²) in [6.45, 7) is 1.55. The molecule has 4 aliphatic rings. The summed E-state index contributed by atoms with van der Waals surface area (Å²) in [5, 5.41) is 8.72. The van der Waals surface area contributed by atoms with E-state index in [1.54, 1.807) is 6.92 Å². The van der Waals surface area contributed by atoms with E-state index < -0.39 is 36.4 Å². The first-order chi connectivity index (χ1) is 12.7. The van der Waals surface area contributed by atoms with Crippen LogP contribution in [0, 0.1) is 23.7 Å². The van der Waals surface area contributed by atoms with Gasteiger partial charge in [0, 0.05) is 11.3 Å². The minimum Gasteiger partial charge on any atom is -0.478 e. The molecule has 0 aromatic rings. The quantitative estimate of drug-likeness (QED) is 0.460. The van der Waals surface area contributed by atoms with Gasteiger partial charge < -0.3 is 20.3 Å². The molecule has 0 aromatic heterocycles. The van der Waals surface area contributed by atoms with Crippen LogP contribution in [0.3, 0.4) is 0 Å². The average Bonchev–Trinajstić information content (AvgIpc) is 2.58. The van der Waals surface area contributed by atoms with Crippen LogP contribution in [0.1, 0.15) is 51.9 Å². The van der Waals surface area contributed by atoms with Gasteiger partial charge in [0.15, 0.2) is 0 Å². The van der Waals surface area contributed by atoms with E-state index in [1.807, 2.05) is 0 Å². The first kappa shape index (κ1) is 22.0. The third kappa shape index (κ3) is 6.10. The number of ether oxygens (including phenoxy) is 2. The van der Waals surface area contributed by atoms with Crippen molar-refractivity contribution in [2.45, 2.75) is 63.5 Å². The number of esters is 2. The molecule has 0 spiro atoms. The molecular formula is C19H31NO6S. The van der Waals surface area contributed by atoms with E-state index in [-0.39, 0.29) is 5.75 Å². The number of thiol groups is 1. The van der Waals surface area contributed by atoms with Crippen molar-refractivity contribution < 1.29 is 29.0 Å². The minimum absolute atomic E-state index is 0.239. The van der Waals surface area contributed by atoms with E-state index in [0.717, 1.165) is 24.9 Å². The molecule has 0 saturated heterocycles. The summed E-state index contributed by atoms with van der Waals surface area (Å²) in [5.41, 5.74) is 6.62. The normalized spacial score (nSPS) is 32.7. The summed E-state index contributed by atoms with van der Waals surface area (Å²) in [5.74, 6) is -0.0645. The van der Waals surface area contributed by atoms with Gasteiger partial charge in [-0.25, -0.2) is 4.79 Å². The van der Waals surface area contributed by atoms with E-state index in [4.69, 9.17) is 10.8 Å². The topological polar surface area (TPSA) is 116 Å². The summed E-state index contributed by atoms with van der Waals surface area (Å²) in [6, 6.07) is 0. The molecule has 2 atom stereocenters. The van der Waals surface area contributed by atoms with Crippen LogP contribution < -0.4 is 5.73 Å². The Hall–Kier alpha value is -1.28. The van der Waals surface area contributed by atoms with Crippen molar-refractivity contribution in [2.24, 2.45) is 29.4 Å². The number of carbonyl (C=O) groups excluding carboxylic acids is 2. The van der Waals surface area contributed by atoms with Crippen LogP contribution in [0.15, 0.2) is 0 Å². The smallest absolute Gasteiger partial charge is 0.345 e. The van der Waals surface area contributed by atoms with Crippen molar-refractivity contribution in [3.05, 3.63) is 0 Å². The SMILES string of the molecule is COC(=O)C[C@H](OC(=O)[C@H](C)CS)C(=O)O.NC12CC3CC(CC(C3)C1)C2. The number of carboxylic acids is 1. The fraction of sp³-hybridized carbons (Fsp3) is 0.842. The Labute approximate surface area is 165 Å². The van der Waals surface area contributed by atoms with Gasteiger partial charge in [0.05, 0.1) is 19.4 Å². The second-order valence-electron chi connectivity index (χ2n) is 8.41. The molecule has 27 heavy (non-hydrogen) atoms. The van der Waals surface area contributed by atoms with Crippen LogP contribution in [0.2, 0.25) is 0 Å². The highest BCUT2D eigenvalue weighted by Crippen LogP contribution is 2.54. The molecule has 0 aromatic carbocycles. The fourth-order valence-corrected chi connectivity index (χ4v) is 5.07.